The highest BCUT2D eigenvalue weighted by molar-refractivity contribution is 5.94. The number of hydrogen-bond donors (Lipinski definition) is 1. The molecule has 0 saturated heterocycles. The van der Waals surface area contributed by atoms with E-state index in [-0.39, 0.29) is 5.56 Å². The molecule has 0 bridgehead atoms. The molecular formula is C26H25N3O2. The molecule has 5 rings (SSSR count). The molecule has 1 fully saturated rings. The number of carboxylic acid groups (broad SMARTS) is 1. The predicted octanol–water partition coefficient (Wildman–Crippen LogP) is 5.73. The lowest BCUT2D eigenvalue weighted by molar-refractivity contribution is 0.0698. The summed E-state index contributed by atoms with van der Waals surface area (Å²) in [6.45, 7) is 0. The number of aromatic nitrogens is 3. The van der Waals surface area contributed by atoms with Gasteiger partial charge in [-0.3, -0.25) is 0 Å². The van der Waals surface area contributed by atoms with E-state index in [1.807, 2.05) is 12.3 Å². The molecule has 0 unspecified atom stereocenters. The van der Waals surface area contributed by atoms with Gasteiger partial charge >= 0.3 is 5.97 Å². The van der Waals surface area contributed by atoms with Crippen molar-refractivity contribution in [1.29, 1.82) is 0 Å². The van der Waals surface area contributed by atoms with E-state index in [1.54, 1.807) is 4.52 Å². The second-order valence-electron chi connectivity index (χ2n) is 8.35. The van der Waals surface area contributed by atoms with Gasteiger partial charge in [-0.2, -0.15) is 5.10 Å². The lowest BCUT2D eigenvalue weighted by Crippen LogP contribution is -2.13. The minimum Gasteiger partial charge on any atom is -0.477 e. The molecule has 2 heterocycles. The average molecular weight is 412 g/mol. The largest absolute Gasteiger partial charge is 0.477 e. The third-order valence-corrected chi connectivity index (χ3v) is 6.30. The van der Waals surface area contributed by atoms with E-state index in [0.29, 0.717) is 11.6 Å². The third kappa shape index (κ3) is 3.83. The van der Waals surface area contributed by atoms with Crippen LogP contribution < -0.4 is 0 Å². The first kappa shape index (κ1) is 19.5. The second-order valence-corrected chi connectivity index (χ2v) is 8.35. The number of carbonyl (C=O) groups is 1. The molecule has 4 aromatic rings. The van der Waals surface area contributed by atoms with Crippen LogP contribution in [0.1, 0.15) is 65.2 Å². The lowest BCUT2D eigenvalue weighted by Gasteiger charge is -2.25. The van der Waals surface area contributed by atoms with Crippen molar-refractivity contribution < 1.29 is 9.90 Å². The van der Waals surface area contributed by atoms with E-state index >= 15 is 0 Å². The Bertz CT molecular complexity index is 1210. The van der Waals surface area contributed by atoms with E-state index in [0.717, 1.165) is 36.1 Å². The molecule has 156 valence electrons. The van der Waals surface area contributed by atoms with E-state index in [2.05, 4.69) is 58.6 Å². The molecule has 1 aliphatic carbocycles. The lowest BCUT2D eigenvalue weighted by atomic mass is 9.84. The van der Waals surface area contributed by atoms with Crippen molar-refractivity contribution in [3.8, 4) is 11.1 Å². The van der Waals surface area contributed by atoms with E-state index in [1.165, 1.54) is 36.6 Å². The van der Waals surface area contributed by atoms with Gasteiger partial charge in [-0.25, -0.2) is 14.3 Å². The zero-order valence-corrected chi connectivity index (χ0v) is 17.4. The van der Waals surface area contributed by atoms with Crippen LogP contribution in [0.15, 0.2) is 67.0 Å². The van der Waals surface area contributed by atoms with Gasteiger partial charge in [-0.15, -0.1) is 0 Å². The Morgan fingerprint density at radius 2 is 1.65 bits per heavy atom. The predicted molar refractivity (Wildman–Crippen MR) is 120 cm³/mol. The molecular weight excluding hydrogens is 386 g/mol. The van der Waals surface area contributed by atoms with Gasteiger partial charge in [0.2, 0.25) is 0 Å². The number of carboxylic acids is 1. The van der Waals surface area contributed by atoms with Crippen LogP contribution in [0.2, 0.25) is 0 Å². The Hall–Kier alpha value is -3.47. The summed E-state index contributed by atoms with van der Waals surface area (Å²) in [6.07, 6.45) is 9.99. The van der Waals surface area contributed by atoms with Gasteiger partial charge in [0, 0.05) is 17.7 Å². The fraction of sp³-hybridized carbons (Fsp3) is 0.269. The maximum absolute atomic E-state index is 11.6. The molecule has 5 heteroatoms. The molecule has 31 heavy (non-hydrogen) atoms. The minimum absolute atomic E-state index is 0.154. The first-order valence-corrected chi connectivity index (χ1v) is 10.9. The van der Waals surface area contributed by atoms with Crippen molar-refractivity contribution >= 4 is 11.6 Å². The van der Waals surface area contributed by atoms with Gasteiger partial charge in [0.05, 0.1) is 11.9 Å². The average Bonchev–Trinajstić information content (AvgIpc) is 3.25. The fourth-order valence-electron chi connectivity index (χ4n) is 4.72. The fourth-order valence-corrected chi connectivity index (χ4v) is 4.72. The molecule has 0 aliphatic heterocycles. The first-order valence-electron chi connectivity index (χ1n) is 10.9. The molecule has 1 N–H and O–H groups in total. The third-order valence-electron chi connectivity index (χ3n) is 6.30. The molecule has 5 nitrogen and oxygen atoms in total. The van der Waals surface area contributed by atoms with Crippen molar-refractivity contribution in [3.63, 3.8) is 0 Å². The van der Waals surface area contributed by atoms with Crippen molar-refractivity contribution in [2.75, 3.05) is 0 Å². The smallest absolute Gasteiger partial charge is 0.341 e. The van der Waals surface area contributed by atoms with Crippen LogP contribution in [0.3, 0.4) is 0 Å². The Balaban J connectivity index is 1.56. The van der Waals surface area contributed by atoms with Crippen molar-refractivity contribution in [3.05, 3.63) is 89.4 Å². The molecule has 2 aromatic heterocycles. The topological polar surface area (TPSA) is 67.5 Å². The Morgan fingerprint density at radius 3 is 2.35 bits per heavy atom. The molecule has 2 aromatic carbocycles. The monoisotopic (exact) mass is 411 g/mol. The number of benzene rings is 2. The van der Waals surface area contributed by atoms with Crippen molar-refractivity contribution in [2.45, 2.75) is 44.4 Å². The van der Waals surface area contributed by atoms with E-state index in [4.69, 9.17) is 0 Å². The Morgan fingerprint density at radius 1 is 0.935 bits per heavy atom. The number of rotatable bonds is 5. The summed E-state index contributed by atoms with van der Waals surface area (Å²) >= 11 is 0. The standard InChI is InChI=1S/C26H25N3O2/c30-26(31)23-17-28-29-24(21-9-5-2-6-10-21)22(16-27-25(23)29)20-13-11-19(12-14-20)15-18-7-3-1-4-8-18/h1,3-4,7-8,11-14,16-17,21H,2,5-6,9-10,15H2,(H,30,31). The highest BCUT2D eigenvalue weighted by atomic mass is 16.4. The van der Waals surface area contributed by atoms with Crippen molar-refractivity contribution in [1.82, 2.24) is 14.6 Å². The molecule has 0 spiro atoms. The van der Waals surface area contributed by atoms with Crippen LogP contribution in [0.5, 0.6) is 0 Å². The summed E-state index contributed by atoms with van der Waals surface area (Å²) < 4.78 is 1.77. The van der Waals surface area contributed by atoms with Crippen LogP contribution in [-0.2, 0) is 6.42 Å². The van der Waals surface area contributed by atoms with Gasteiger partial charge in [0.25, 0.3) is 0 Å². The molecule has 1 aliphatic rings. The molecule has 1 saturated carbocycles. The first-order chi connectivity index (χ1) is 15.2. The summed E-state index contributed by atoms with van der Waals surface area (Å²) in [5.74, 6) is -0.630. The van der Waals surface area contributed by atoms with E-state index < -0.39 is 5.97 Å². The summed E-state index contributed by atoms with van der Waals surface area (Å²) in [7, 11) is 0. The molecule has 0 atom stereocenters. The second kappa shape index (κ2) is 8.34. The number of aromatic carboxylic acids is 1. The van der Waals surface area contributed by atoms with Gasteiger partial charge in [-0.1, -0.05) is 73.9 Å². The number of nitrogens with zero attached hydrogens (tertiary/aromatic N) is 3. The maximum atomic E-state index is 11.6. The summed E-state index contributed by atoms with van der Waals surface area (Å²) in [5.41, 5.74) is 6.37. The zero-order valence-electron chi connectivity index (χ0n) is 17.4. The molecule has 0 amide bonds. The van der Waals surface area contributed by atoms with Gasteiger partial charge in [0.15, 0.2) is 5.65 Å². The SMILES string of the molecule is O=C(O)c1cnn2c(C3CCCCC3)c(-c3ccc(Cc4ccccc4)cc3)cnc12. The minimum atomic E-state index is -0.991. The number of hydrogen-bond acceptors (Lipinski definition) is 3. The quantitative estimate of drug-likeness (QED) is 0.455. The van der Waals surface area contributed by atoms with Crippen LogP contribution >= 0.6 is 0 Å². The van der Waals surface area contributed by atoms with Crippen LogP contribution in [0, 0.1) is 0 Å². The van der Waals surface area contributed by atoms with Crippen LogP contribution in [-0.4, -0.2) is 25.7 Å². The van der Waals surface area contributed by atoms with Crippen molar-refractivity contribution in [2.24, 2.45) is 0 Å². The van der Waals surface area contributed by atoms with Crippen LogP contribution in [0.25, 0.3) is 16.8 Å². The summed E-state index contributed by atoms with van der Waals surface area (Å²) in [6, 6.07) is 19.1. The van der Waals surface area contributed by atoms with Crippen LogP contribution in [0.4, 0.5) is 0 Å². The van der Waals surface area contributed by atoms with Gasteiger partial charge < -0.3 is 5.11 Å². The van der Waals surface area contributed by atoms with Gasteiger partial charge in [-0.05, 0) is 36.0 Å². The highest BCUT2D eigenvalue weighted by Gasteiger charge is 2.25. The highest BCUT2D eigenvalue weighted by Crippen LogP contribution is 2.38. The van der Waals surface area contributed by atoms with Gasteiger partial charge in [0.1, 0.15) is 5.56 Å². The zero-order chi connectivity index (χ0) is 21.2. The number of fused-ring (bicyclic) bond motifs is 1. The normalized spacial score (nSPS) is 14.7. The Kier molecular flexibility index (Phi) is 5.24. The maximum Gasteiger partial charge on any atom is 0.341 e. The Labute approximate surface area is 181 Å². The summed E-state index contributed by atoms with van der Waals surface area (Å²) in [5, 5.41) is 14.0. The summed E-state index contributed by atoms with van der Waals surface area (Å²) in [4.78, 5) is 16.1. The molecule has 0 radical (unpaired) electrons. The van der Waals surface area contributed by atoms with E-state index in [9.17, 15) is 9.90 Å².